The minimum absolute atomic E-state index is 0.403. The molecule has 1 aliphatic carbocycles. The van der Waals surface area contributed by atoms with Gasteiger partial charge >= 0.3 is 0 Å². The number of rotatable bonds is 3. The van der Waals surface area contributed by atoms with Crippen LogP contribution in [0.5, 0.6) is 0 Å². The molecule has 0 spiro atoms. The molecule has 0 aliphatic heterocycles. The van der Waals surface area contributed by atoms with Crippen LogP contribution in [0.4, 0.5) is 5.82 Å². The molecule has 0 amide bonds. The minimum atomic E-state index is 0.403. The third kappa shape index (κ3) is 3.19. The summed E-state index contributed by atoms with van der Waals surface area (Å²) in [7, 11) is 0. The van der Waals surface area contributed by atoms with Crippen molar-refractivity contribution in [3.05, 3.63) is 23.9 Å². The van der Waals surface area contributed by atoms with Crippen molar-refractivity contribution >= 4 is 23.0 Å². The first kappa shape index (κ1) is 13.3. The molecular weight excluding hydrogens is 242 g/mol. The summed E-state index contributed by atoms with van der Waals surface area (Å²) in [5.74, 6) is 0.827. The van der Waals surface area contributed by atoms with E-state index in [4.69, 9.17) is 18.0 Å². The van der Waals surface area contributed by atoms with Crippen molar-refractivity contribution in [3.63, 3.8) is 0 Å². The summed E-state index contributed by atoms with van der Waals surface area (Å²) in [6.45, 7) is 4.65. The Morgan fingerprint density at radius 2 is 2.33 bits per heavy atom. The van der Waals surface area contributed by atoms with Gasteiger partial charge in [0, 0.05) is 12.2 Å². The van der Waals surface area contributed by atoms with Crippen molar-refractivity contribution in [1.82, 2.24) is 4.98 Å². The predicted molar refractivity (Wildman–Crippen MR) is 79.8 cm³/mol. The number of thiocarbonyl (C=S) groups is 1. The van der Waals surface area contributed by atoms with Crippen LogP contribution in [0.15, 0.2) is 18.3 Å². The van der Waals surface area contributed by atoms with Gasteiger partial charge in [0.15, 0.2) is 0 Å². The van der Waals surface area contributed by atoms with Gasteiger partial charge in [0.2, 0.25) is 0 Å². The summed E-state index contributed by atoms with van der Waals surface area (Å²) in [6.07, 6.45) is 6.70. The summed E-state index contributed by atoms with van der Waals surface area (Å²) in [6, 6.07) is 4.26. The molecule has 4 heteroatoms. The molecule has 1 atom stereocenters. The Morgan fingerprint density at radius 1 is 1.56 bits per heavy atom. The first-order chi connectivity index (χ1) is 8.48. The van der Waals surface area contributed by atoms with E-state index >= 15 is 0 Å². The molecule has 3 nitrogen and oxygen atoms in total. The Hall–Kier alpha value is -1.16. The molecule has 0 bridgehead atoms. The van der Waals surface area contributed by atoms with E-state index in [-0.39, 0.29) is 0 Å². The zero-order valence-electron chi connectivity index (χ0n) is 11.1. The SMILES string of the molecule is CC1(C)CCCC(Nc2ncccc2C(N)=S)C1. The number of hydrogen-bond acceptors (Lipinski definition) is 3. The summed E-state index contributed by atoms with van der Waals surface area (Å²) in [5.41, 5.74) is 6.98. The molecule has 1 aromatic heterocycles. The number of nitrogens with two attached hydrogens (primary N) is 1. The van der Waals surface area contributed by atoms with Crippen molar-refractivity contribution in [2.75, 3.05) is 5.32 Å². The highest BCUT2D eigenvalue weighted by Gasteiger charge is 2.28. The molecule has 0 aromatic carbocycles. The fourth-order valence-corrected chi connectivity index (χ4v) is 2.90. The van der Waals surface area contributed by atoms with Crippen LogP contribution in [-0.2, 0) is 0 Å². The second-order valence-corrected chi connectivity index (χ2v) is 6.31. The highest BCUT2D eigenvalue weighted by atomic mass is 32.1. The lowest BCUT2D eigenvalue weighted by Crippen LogP contribution is -2.32. The third-order valence-electron chi connectivity index (χ3n) is 3.62. The monoisotopic (exact) mass is 263 g/mol. The highest BCUT2D eigenvalue weighted by molar-refractivity contribution is 7.80. The third-order valence-corrected chi connectivity index (χ3v) is 3.84. The number of anilines is 1. The summed E-state index contributed by atoms with van der Waals surface area (Å²) < 4.78 is 0. The normalized spacial score (nSPS) is 22.4. The molecule has 1 aromatic rings. The van der Waals surface area contributed by atoms with Gasteiger partial charge in [-0.15, -0.1) is 0 Å². The maximum Gasteiger partial charge on any atom is 0.136 e. The summed E-state index contributed by atoms with van der Waals surface area (Å²) in [5, 5.41) is 3.51. The molecule has 18 heavy (non-hydrogen) atoms. The number of aromatic nitrogens is 1. The zero-order valence-corrected chi connectivity index (χ0v) is 11.9. The number of hydrogen-bond donors (Lipinski definition) is 2. The lowest BCUT2D eigenvalue weighted by molar-refractivity contribution is 0.229. The first-order valence-electron chi connectivity index (χ1n) is 6.49. The van der Waals surface area contributed by atoms with Gasteiger partial charge < -0.3 is 11.1 Å². The molecule has 2 rings (SSSR count). The fourth-order valence-electron chi connectivity index (χ4n) is 2.73. The number of pyridine rings is 1. The number of nitrogens with one attached hydrogen (secondary N) is 1. The topological polar surface area (TPSA) is 50.9 Å². The average molecular weight is 263 g/mol. The van der Waals surface area contributed by atoms with E-state index in [2.05, 4.69) is 24.1 Å². The largest absolute Gasteiger partial charge is 0.389 e. The molecule has 0 saturated heterocycles. The lowest BCUT2D eigenvalue weighted by Gasteiger charge is -2.36. The van der Waals surface area contributed by atoms with Crippen molar-refractivity contribution in [2.24, 2.45) is 11.1 Å². The van der Waals surface area contributed by atoms with Crippen molar-refractivity contribution in [2.45, 2.75) is 45.6 Å². The van der Waals surface area contributed by atoms with E-state index < -0.39 is 0 Å². The van der Waals surface area contributed by atoms with E-state index in [0.29, 0.717) is 16.4 Å². The maximum absolute atomic E-state index is 5.72. The van der Waals surface area contributed by atoms with Crippen molar-refractivity contribution in [3.8, 4) is 0 Å². The average Bonchev–Trinajstić information content (AvgIpc) is 2.28. The molecular formula is C14H21N3S. The Balaban J connectivity index is 2.12. The lowest BCUT2D eigenvalue weighted by atomic mass is 9.75. The van der Waals surface area contributed by atoms with Crippen LogP contribution in [0.25, 0.3) is 0 Å². The minimum Gasteiger partial charge on any atom is -0.389 e. The van der Waals surface area contributed by atoms with Crippen LogP contribution < -0.4 is 11.1 Å². The quantitative estimate of drug-likeness (QED) is 0.823. The Bertz CT molecular complexity index is 442. The zero-order chi connectivity index (χ0) is 13.2. The van der Waals surface area contributed by atoms with E-state index in [1.54, 1.807) is 6.20 Å². The van der Waals surface area contributed by atoms with E-state index in [1.165, 1.54) is 25.7 Å². The summed E-state index contributed by atoms with van der Waals surface area (Å²) in [4.78, 5) is 4.77. The van der Waals surface area contributed by atoms with Gasteiger partial charge in [0.1, 0.15) is 10.8 Å². The van der Waals surface area contributed by atoms with Crippen LogP contribution in [0.3, 0.4) is 0 Å². The molecule has 1 saturated carbocycles. The van der Waals surface area contributed by atoms with Crippen molar-refractivity contribution < 1.29 is 0 Å². The van der Waals surface area contributed by atoms with Crippen LogP contribution >= 0.6 is 12.2 Å². The van der Waals surface area contributed by atoms with Gasteiger partial charge in [-0.1, -0.05) is 32.5 Å². The highest BCUT2D eigenvalue weighted by Crippen LogP contribution is 2.36. The van der Waals surface area contributed by atoms with Gasteiger partial charge in [-0.05, 0) is 36.8 Å². The van der Waals surface area contributed by atoms with E-state index in [9.17, 15) is 0 Å². The van der Waals surface area contributed by atoms with Gasteiger partial charge in [0.25, 0.3) is 0 Å². The standard InChI is InChI=1S/C14H21N3S/c1-14(2)7-3-5-10(9-14)17-13-11(12(15)18)6-4-8-16-13/h4,6,8,10H,3,5,7,9H2,1-2H3,(H2,15,18)(H,16,17). The predicted octanol–water partition coefficient (Wildman–Crippen LogP) is 3.10. The molecule has 0 radical (unpaired) electrons. The van der Waals surface area contributed by atoms with Crippen LogP contribution in [0.2, 0.25) is 0 Å². The van der Waals surface area contributed by atoms with Crippen LogP contribution in [0.1, 0.15) is 45.1 Å². The van der Waals surface area contributed by atoms with E-state index in [1.807, 2.05) is 12.1 Å². The second-order valence-electron chi connectivity index (χ2n) is 5.87. The van der Waals surface area contributed by atoms with Gasteiger partial charge in [0.05, 0.1) is 5.56 Å². The molecule has 1 unspecified atom stereocenters. The van der Waals surface area contributed by atoms with Gasteiger partial charge in [-0.2, -0.15) is 0 Å². The smallest absolute Gasteiger partial charge is 0.136 e. The Labute approximate surface area is 114 Å². The second kappa shape index (κ2) is 5.22. The first-order valence-corrected chi connectivity index (χ1v) is 6.90. The Kier molecular flexibility index (Phi) is 3.85. The molecule has 1 aliphatic rings. The maximum atomic E-state index is 5.72. The summed E-state index contributed by atoms with van der Waals surface area (Å²) >= 11 is 5.06. The molecule has 3 N–H and O–H groups in total. The fraction of sp³-hybridized carbons (Fsp3) is 0.571. The van der Waals surface area contributed by atoms with Crippen molar-refractivity contribution in [1.29, 1.82) is 0 Å². The van der Waals surface area contributed by atoms with Crippen LogP contribution in [0, 0.1) is 5.41 Å². The Morgan fingerprint density at radius 3 is 3.00 bits per heavy atom. The van der Waals surface area contributed by atoms with E-state index in [0.717, 1.165) is 11.4 Å². The number of nitrogens with zero attached hydrogens (tertiary/aromatic N) is 1. The molecule has 1 heterocycles. The molecule has 1 fully saturated rings. The van der Waals surface area contributed by atoms with Gasteiger partial charge in [-0.25, -0.2) is 4.98 Å². The molecule has 98 valence electrons. The van der Waals surface area contributed by atoms with Crippen LogP contribution in [-0.4, -0.2) is 16.0 Å². The van der Waals surface area contributed by atoms with Gasteiger partial charge in [-0.3, -0.25) is 0 Å².